The Balaban J connectivity index is 2.02. The Morgan fingerprint density at radius 2 is 2.19 bits per heavy atom. The van der Waals surface area contributed by atoms with Gasteiger partial charge in [-0.15, -0.1) is 5.10 Å². The zero-order valence-corrected chi connectivity index (χ0v) is 12.2. The van der Waals surface area contributed by atoms with E-state index in [1.807, 2.05) is 6.07 Å². The lowest BCUT2D eigenvalue weighted by molar-refractivity contribution is 0.606. The highest BCUT2D eigenvalue weighted by Gasteiger charge is 2.02. The number of nitrogens with one attached hydrogen (secondary N) is 2. The van der Waals surface area contributed by atoms with Crippen molar-refractivity contribution in [3.63, 3.8) is 0 Å². The van der Waals surface area contributed by atoms with E-state index in [1.165, 1.54) is 0 Å². The fourth-order valence-electron chi connectivity index (χ4n) is 1.73. The van der Waals surface area contributed by atoms with E-state index in [-0.39, 0.29) is 0 Å². The number of nitriles is 1. The van der Waals surface area contributed by atoms with Gasteiger partial charge in [0.2, 0.25) is 5.95 Å². The summed E-state index contributed by atoms with van der Waals surface area (Å²) in [5, 5.41) is 23.0. The summed E-state index contributed by atoms with van der Waals surface area (Å²) in [6.45, 7) is 5.20. The van der Waals surface area contributed by atoms with Gasteiger partial charge in [0.1, 0.15) is 0 Å². The van der Waals surface area contributed by atoms with E-state index in [0.29, 0.717) is 23.2 Å². The van der Waals surface area contributed by atoms with Crippen LogP contribution in [0.3, 0.4) is 0 Å². The molecule has 108 valence electrons. The van der Waals surface area contributed by atoms with Crippen molar-refractivity contribution in [2.24, 2.45) is 5.92 Å². The van der Waals surface area contributed by atoms with Crippen molar-refractivity contribution in [1.82, 2.24) is 15.2 Å². The van der Waals surface area contributed by atoms with Crippen LogP contribution in [0.5, 0.6) is 0 Å². The lowest BCUT2D eigenvalue weighted by Gasteiger charge is -2.08. The quantitative estimate of drug-likeness (QED) is 0.847. The Kier molecular flexibility index (Phi) is 5.04. The summed E-state index contributed by atoms with van der Waals surface area (Å²) in [5.41, 5.74) is 1.34. The van der Waals surface area contributed by atoms with Crippen molar-refractivity contribution >= 4 is 17.5 Å². The molecule has 0 aliphatic carbocycles. The molecule has 1 heterocycles. The van der Waals surface area contributed by atoms with Gasteiger partial charge in [0.25, 0.3) is 0 Å². The smallest absolute Gasteiger partial charge is 0.249 e. The molecule has 0 unspecified atom stereocenters. The molecular formula is C15H18N6. The average molecular weight is 282 g/mol. The molecule has 1 aromatic heterocycles. The maximum Gasteiger partial charge on any atom is 0.249 e. The van der Waals surface area contributed by atoms with Crippen molar-refractivity contribution in [2.75, 3.05) is 17.2 Å². The second kappa shape index (κ2) is 7.20. The first kappa shape index (κ1) is 14.7. The zero-order valence-electron chi connectivity index (χ0n) is 12.2. The maximum atomic E-state index is 8.88. The molecule has 0 aliphatic heterocycles. The molecule has 6 nitrogen and oxygen atoms in total. The van der Waals surface area contributed by atoms with Crippen LogP contribution < -0.4 is 10.6 Å². The monoisotopic (exact) mass is 282 g/mol. The third-order valence-corrected chi connectivity index (χ3v) is 2.83. The Hall–Kier alpha value is -2.68. The largest absolute Gasteiger partial charge is 0.369 e. The standard InChI is InChI=1S/C15H18N6/c1-11(2)6-7-17-14-10-18-21-15(20-14)19-13-5-3-4-12(8-13)9-16/h3-5,8,10-11H,6-7H2,1-2H3,(H2,17,19,20,21). The summed E-state index contributed by atoms with van der Waals surface area (Å²) >= 11 is 0. The lowest BCUT2D eigenvalue weighted by atomic mass is 10.1. The summed E-state index contributed by atoms with van der Waals surface area (Å²) in [7, 11) is 0. The van der Waals surface area contributed by atoms with Gasteiger partial charge in [0, 0.05) is 12.2 Å². The molecule has 0 spiro atoms. The van der Waals surface area contributed by atoms with Gasteiger partial charge < -0.3 is 10.6 Å². The number of hydrogen-bond donors (Lipinski definition) is 2. The fraction of sp³-hybridized carbons (Fsp3) is 0.333. The van der Waals surface area contributed by atoms with Gasteiger partial charge in [-0.1, -0.05) is 19.9 Å². The van der Waals surface area contributed by atoms with E-state index in [0.717, 1.165) is 18.7 Å². The number of rotatable bonds is 6. The van der Waals surface area contributed by atoms with Gasteiger partial charge in [-0.05, 0) is 30.5 Å². The van der Waals surface area contributed by atoms with E-state index >= 15 is 0 Å². The predicted octanol–water partition coefficient (Wildman–Crippen LogP) is 2.94. The Morgan fingerprint density at radius 1 is 1.33 bits per heavy atom. The highest BCUT2D eigenvalue weighted by molar-refractivity contribution is 5.56. The van der Waals surface area contributed by atoms with Crippen LogP contribution in [0.1, 0.15) is 25.8 Å². The van der Waals surface area contributed by atoms with E-state index in [2.05, 4.69) is 45.7 Å². The first-order chi connectivity index (χ1) is 10.2. The molecule has 21 heavy (non-hydrogen) atoms. The van der Waals surface area contributed by atoms with E-state index in [4.69, 9.17) is 5.26 Å². The van der Waals surface area contributed by atoms with Gasteiger partial charge in [-0.25, -0.2) is 0 Å². The van der Waals surface area contributed by atoms with Crippen molar-refractivity contribution in [3.8, 4) is 6.07 Å². The van der Waals surface area contributed by atoms with Crippen LogP contribution in [0.25, 0.3) is 0 Å². The Labute approximate surface area is 124 Å². The second-order valence-corrected chi connectivity index (χ2v) is 5.09. The predicted molar refractivity (Wildman–Crippen MR) is 82.2 cm³/mol. The first-order valence-corrected chi connectivity index (χ1v) is 6.88. The highest BCUT2D eigenvalue weighted by atomic mass is 15.3. The molecule has 0 fully saturated rings. The van der Waals surface area contributed by atoms with E-state index < -0.39 is 0 Å². The molecular weight excluding hydrogens is 264 g/mol. The minimum atomic E-state index is 0.402. The molecule has 2 aromatic rings. The summed E-state index contributed by atoms with van der Waals surface area (Å²) in [5.74, 6) is 1.72. The van der Waals surface area contributed by atoms with Crippen LogP contribution in [-0.4, -0.2) is 21.7 Å². The van der Waals surface area contributed by atoms with E-state index in [9.17, 15) is 0 Å². The van der Waals surface area contributed by atoms with Crippen LogP contribution in [0.15, 0.2) is 30.5 Å². The third kappa shape index (κ3) is 4.73. The van der Waals surface area contributed by atoms with Crippen molar-refractivity contribution in [1.29, 1.82) is 5.26 Å². The fourth-order valence-corrected chi connectivity index (χ4v) is 1.73. The number of hydrogen-bond acceptors (Lipinski definition) is 6. The van der Waals surface area contributed by atoms with Gasteiger partial charge >= 0.3 is 0 Å². The Morgan fingerprint density at radius 3 is 2.95 bits per heavy atom. The number of anilines is 3. The van der Waals surface area contributed by atoms with Gasteiger partial charge in [-0.2, -0.15) is 15.3 Å². The topological polar surface area (TPSA) is 86.5 Å². The van der Waals surface area contributed by atoms with Crippen LogP contribution >= 0.6 is 0 Å². The number of aromatic nitrogens is 3. The summed E-state index contributed by atoms with van der Waals surface area (Å²) < 4.78 is 0. The normalized spacial score (nSPS) is 10.2. The van der Waals surface area contributed by atoms with Crippen LogP contribution in [0, 0.1) is 17.2 Å². The molecule has 0 amide bonds. The summed E-state index contributed by atoms with van der Waals surface area (Å²) in [4.78, 5) is 4.34. The maximum absolute atomic E-state index is 8.88. The molecule has 1 aromatic carbocycles. The van der Waals surface area contributed by atoms with Gasteiger partial charge in [0.15, 0.2) is 5.82 Å². The summed E-state index contributed by atoms with van der Waals surface area (Å²) in [6.07, 6.45) is 2.66. The molecule has 6 heteroatoms. The minimum absolute atomic E-state index is 0.402. The van der Waals surface area contributed by atoms with E-state index in [1.54, 1.807) is 24.4 Å². The molecule has 0 aliphatic rings. The SMILES string of the molecule is CC(C)CCNc1cnnc(Nc2cccc(C#N)c2)n1. The lowest BCUT2D eigenvalue weighted by Crippen LogP contribution is -2.08. The number of nitrogens with zero attached hydrogens (tertiary/aromatic N) is 4. The molecule has 0 bridgehead atoms. The summed E-state index contributed by atoms with van der Waals surface area (Å²) in [6, 6.07) is 9.23. The van der Waals surface area contributed by atoms with Gasteiger partial charge in [0.05, 0.1) is 17.8 Å². The molecule has 0 saturated heterocycles. The minimum Gasteiger partial charge on any atom is -0.369 e. The molecule has 0 atom stereocenters. The zero-order chi connectivity index (χ0) is 15.1. The van der Waals surface area contributed by atoms with Crippen molar-refractivity contribution in [2.45, 2.75) is 20.3 Å². The number of benzene rings is 1. The molecule has 2 rings (SSSR count). The van der Waals surface area contributed by atoms with Crippen LogP contribution in [-0.2, 0) is 0 Å². The second-order valence-electron chi connectivity index (χ2n) is 5.09. The van der Waals surface area contributed by atoms with Gasteiger partial charge in [-0.3, -0.25) is 0 Å². The third-order valence-electron chi connectivity index (χ3n) is 2.83. The van der Waals surface area contributed by atoms with Crippen LogP contribution in [0.2, 0.25) is 0 Å². The molecule has 0 radical (unpaired) electrons. The Bertz CT molecular complexity index is 632. The van der Waals surface area contributed by atoms with Crippen molar-refractivity contribution in [3.05, 3.63) is 36.0 Å². The molecule has 0 saturated carbocycles. The highest BCUT2D eigenvalue weighted by Crippen LogP contribution is 2.15. The first-order valence-electron chi connectivity index (χ1n) is 6.88. The van der Waals surface area contributed by atoms with Crippen molar-refractivity contribution < 1.29 is 0 Å². The average Bonchev–Trinajstić information content (AvgIpc) is 2.47. The molecule has 2 N–H and O–H groups in total. The van der Waals surface area contributed by atoms with Crippen LogP contribution in [0.4, 0.5) is 17.5 Å².